The first-order chi connectivity index (χ1) is 15.5. The SMILES string of the molecule is Cc1cccc(S(=O)(=O)Nc2nc3ccccc3nc2OCCCCc2ccccc2)c1. The minimum Gasteiger partial charge on any atom is -0.475 e. The van der Waals surface area contributed by atoms with Gasteiger partial charge in [0.1, 0.15) is 0 Å². The molecule has 7 heteroatoms. The van der Waals surface area contributed by atoms with Gasteiger partial charge in [-0.05, 0) is 61.6 Å². The van der Waals surface area contributed by atoms with Gasteiger partial charge >= 0.3 is 0 Å². The molecule has 0 fully saturated rings. The molecule has 0 spiro atoms. The number of nitrogens with zero attached hydrogens (tertiary/aromatic N) is 2. The van der Waals surface area contributed by atoms with Crippen LogP contribution in [0, 0.1) is 6.92 Å². The number of hydrogen-bond donors (Lipinski definition) is 1. The maximum atomic E-state index is 12.9. The number of sulfonamides is 1. The van der Waals surface area contributed by atoms with E-state index in [1.54, 1.807) is 24.3 Å². The van der Waals surface area contributed by atoms with Gasteiger partial charge in [0.05, 0.1) is 22.5 Å². The van der Waals surface area contributed by atoms with E-state index >= 15 is 0 Å². The molecule has 0 unspecified atom stereocenters. The lowest BCUT2D eigenvalue weighted by Gasteiger charge is -2.13. The highest BCUT2D eigenvalue weighted by molar-refractivity contribution is 7.92. The Morgan fingerprint density at radius 1 is 0.844 bits per heavy atom. The van der Waals surface area contributed by atoms with Crippen molar-refractivity contribution in [2.24, 2.45) is 0 Å². The highest BCUT2D eigenvalue weighted by Gasteiger charge is 2.19. The molecule has 6 nitrogen and oxygen atoms in total. The van der Waals surface area contributed by atoms with Crippen LogP contribution < -0.4 is 9.46 Å². The first kappa shape index (κ1) is 21.8. The number of benzene rings is 3. The fourth-order valence-electron chi connectivity index (χ4n) is 3.36. The molecule has 3 aromatic carbocycles. The molecule has 0 radical (unpaired) electrons. The summed E-state index contributed by atoms with van der Waals surface area (Å²) in [5, 5.41) is 0. The van der Waals surface area contributed by atoms with E-state index in [0.29, 0.717) is 17.6 Å². The third-order valence-electron chi connectivity index (χ3n) is 5.01. The normalized spacial score (nSPS) is 11.4. The molecule has 0 amide bonds. The summed E-state index contributed by atoms with van der Waals surface area (Å²) in [4.78, 5) is 9.16. The molecule has 1 aromatic heterocycles. The number of hydrogen-bond acceptors (Lipinski definition) is 5. The largest absolute Gasteiger partial charge is 0.475 e. The second kappa shape index (κ2) is 9.78. The van der Waals surface area contributed by atoms with E-state index in [2.05, 4.69) is 26.8 Å². The zero-order chi connectivity index (χ0) is 22.4. The van der Waals surface area contributed by atoms with Gasteiger partial charge in [0, 0.05) is 0 Å². The number of aryl methyl sites for hydroxylation is 2. The van der Waals surface area contributed by atoms with Crippen molar-refractivity contribution in [3.63, 3.8) is 0 Å². The van der Waals surface area contributed by atoms with Crippen LogP contribution in [-0.4, -0.2) is 25.0 Å². The predicted molar refractivity (Wildman–Crippen MR) is 126 cm³/mol. The summed E-state index contributed by atoms with van der Waals surface area (Å²) in [6, 6.07) is 24.3. The highest BCUT2D eigenvalue weighted by atomic mass is 32.2. The van der Waals surface area contributed by atoms with Gasteiger partial charge in [-0.25, -0.2) is 18.4 Å². The van der Waals surface area contributed by atoms with Gasteiger partial charge in [-0.2, -0.15) is 0 Å². The maximum absolute atomic E-state index is 12.9. The molecule has 0 aliphatic rings. The lowest BCUT2D eigenvalue weighted by molar-refractivity contribution is 0.297. The van der Waals surface area contributed by atoms with Gasteiger partial charge in [0.25, 0.3) is 15.9 Å². The first-order valence-electron chi connectivity index (χ1n) is 10.5. The number of rotatable bonds is 9. The maximum Gasteiger partial charge on any atom is 0.263 e. The standard InChI is InChI=1S/C25H25N3O3S/c1-19-10-9-14-21(18-19)32(29,30)28-24-25(27-23-16-6-5-15-22(23)26-24)31-17-8-7-13-20-11-3-2-4-12-20/h2-6,9-12,14-16,18H,7-8,13,17H2,1H3,(H,26,28). The highest BCUT2D eigenvalue weighted by Crippen LogP contribution is 2.26. The van der Waals surface area contributed by atoms with Crippen molar-refractivity contribution >= 4 is 26.9 Å². The number of nitrogens with one attached hydrogen (secondary N) is 1. The van der Waals surface area contributed by atoms with Gasteiger partial charge in [0.15, 0.2) is 0 Å². The Bertz CT molecular complexity index is 1310. The Balaban J connectivity index is 1.51. The van der Waals surface area contributed by atoms with Crippen LogP contribution in [0.4, 0.5) is 5.82 Å². The molecule has 4 aromatic rings. The van der Waals surface area contributed by atoms with Crippen LogP contribution in [0.2, 0.25) is 0 Å². The van der Waals surface area contributed by atoms with Crippen LogP contribution in [0.5, 0.6) is 5.88 Å². The first-order valence-corrected chi connectivity index (χ1v) is 12.0. The Kier molecular flexibility index (Phi) is 6.66. The van der Waals surface area contributed by atoms with Crippen LogP contribution in [-0.2, 0) is 16.4 Å². The van der Waals surface area contributed by atoms with Gasteiger partial charge < -0.3 is 4.74 Å². The second-order valence-electron chi connectivity index (χ2n) is 7.58. The summed E-state index contributed by atoms with van der Waals surface area (Å²) >= 11 is 0. The van der Waals surface area contributed by atoms with Crippen molar-refractivity contribution in [3.05, 3.63) is 90.0 Å². The molecule has 0 bridgehead atoms. The van der Waals surface area contributed by atoms with Crippen molar-refractivity contribution in [3.8, 4) is 5.88 Å². The van der Waals surface area contributed by atoms with Crippen molar-refractivity contribution in [1.82, 2.24) is 9.97 Å². The van der Waals surface area contributed by atoms with E-state index in [9.17, 15) is 8.42 Å². The van der Waals surface area contributed by atoms with Crippen LogP contribution in [0.3, 0.4) is 0 Å². The minimum absolute atomic E-state index is 0.0910. The Morgan fingerprint density at radius 3 is 2.31 bits per heavy atom. The Hall–Kier alpha value is -3.45. The number of fused-ring (bicyclic) bond motifs is 1. The molecule has 32 heavy (non-hydrogen) atoms. The van der Waals surface area contributed by atoms with Crippen LogP contribution in [0.25, 0.3) is 11.0 Å². The zero-order valence-corrected chi connectivity index (χ0v) is 18.7. The third kappa shape index (κ3) is 5.42. The quantitative estimate of drug-likeness (QED) is 0.359. The zero-order valence-electron chi connectivity index (χ0n) is 17.9. The van der Waals surface area contributed by atoms with Crippen molar-refractivity contribution in [2.75, 3.05) is 11.3 Å². The summed E-state index contributed by atoms with van der Waals surface area (Å²) in [5.74, 6) is 0.271. The Morgan fingerprint density at radius 2 is 1.56 bits per heavy atom. The molecule has 1 N–H and O–H groups in total. The number of aromatic nitrogens is 2. The topological polar surface area (TPSA) is 81.2 Å². The molecule has 164 valence electrons. The van der Waals surface area contributed by atoms with E-state index in [-0.39, 0.29) is 16.6 Å². The number of unbranched alkanes of at least 4 members (excludes halogenated alkanes) is 1. The monoisotopic (exact) mass is 447 g/mol. The van der Waals surface area contributed by atoms with Gasteiger partial charge in [-0.3, -0.25) is 4.72 Å². The Labute approximate surface area is 188 Å². The molecule has 0 atom stereocenters. The van der Waals surface area contributed by atoms with Gasteiger partial charge in [0.2, 0.25) is 5.82 Å². The average Bonchev–Trinajstić information content (AvgIpc) is 2.79. The average molecular weight is 448 g/mol. The van der Waals surface area contributed by atoms with Crippen molar-refractivity contribution < 1.29 is 13.2 Å². The van der Waals surface area contributed by atoms with E-state index in [0.717, 1.165) is 24.8 Å². The molecular weight excluding hydrogens is 422 g/mol. The minimum atomic E-state index is -3.83. The number of anilines is 1. The van der Waals surface area contributed by atoms with Crippen molar-refractivity contribution in [2.45, 2.75) is 31.1 Å². The molecular formula is C25H25N3O3S. The van der Waals surface area contributed by atoms with Crippen molar-refractivity contribution in [1.29, 1.82) is 0 Å². The second-order valence-corrected chi connectivity index (χ2v) is 9.26. The smallest absolute Gasteiger partial charge is 0.263 e. The number of ether oxygens (including phenoxy) is 1. The van der Waals surface area contributed by atoms with E-state index < -0.39 is 10.0 Å². The fourth-order valence-corrected chi connectivity index (χ4v) is 4.47. The summed E-state index contributed by atoms with van der Waals surface area (Å²) in [6.07, 6.45) is 2.73. The van der Waals surface area contributed by atoms with E-state index in [1.165, 1.54) is 5.56 Å². The predicted octanol–water partition coefficient (Wildman–Crippen LogP) is 5.14. The molecule has 0 aliphatic carbocycles. The van der Waals surface area contributed by atoms with Crippen LogP contribution >= 0.6 is 0 Å². The van der Waals surface area contributed by atoms with Gasteiger partial charge in [-0.1, -0.05) is 54.6 Å². The van der Waals surface area contributed by atoms with Gasteiger partial charge in [-0.15, -0.1) is 0 Å². The fraction of sp³-hybridized carbons (Fsp3) is 0.200. The molecule has 0 saturated carbocycles. The summed E-state index contributed by atoms with van der Waals surface area (Å²) in [6.45, 7) is 2.26. The lowest BCUT2D eigenvalue weighted by atomic mass is 10.1. The summed E-state index contributed by atoms with van der Waals surface area (Å²) in [5.41, 5.74) is 3.37. The molecule has 1 heterocycles. The van der Waals surface area contributed by atoms with E-state index in [4.69, 9.17) is 4.74 Å². The van der Waals surface area contributed by atoms with E-state index in [1.807, 2.05) is 49.4 Å². The van der Waals surface area contributed by atoms with Crippen LogP contribution in [0.15, 0.2) is 83.8 Å². The molecule has 4 rings (SSSR count). The third-order valence-corrected chi connectivity index (χ3v) is 6.35. The lowest BCUT2D eigenvalue weighted by Crippen LogP contribution is -2.16. The molecule has 0 saturated heterocycles. The van der Waals surface area contributed by atoms with Crippen LogP contribution in [0.1, 0.15) is 24.0 Å². The number of para-hydroxylation sites is 2. The summed E-state index contributed by atoms with van der Waals surface area (Å²) in [7, 11) is -3.83. The molecule has 0 aliphatic heterocycles. The summed E-state index contributed by atoms with van der Waals surface area (Å²) < 4.78 is 34.3.